The molecule has 2 heteroatoms. The first-order valence-electron chi connectivity index (χ1n) is 17.1. The molecule has 0 amide bonds. The molecule has 11 rings (SSSR count). The lowest BCUT2D eigenvalue weighted by Gasteiger charge is -2.18. The topological polar surface area (TPSA) is 0 Å². The molecule has 0 aliphatic rings. The quantitative estimate of drug-likeness (QED) is 0.164. The monoisotopic (exact) mass is 668 g/mol. The van der Waals surface area contributed by atoms with Crippen LogP contribution in [-0.2, 0) is 0 Å². The van der Waals surface area contributed by atoms with Gasteiger partial charge in [-0.3, -0.25) is 0 Å². The van der Waals surface area contributed by atoms with Crippen LogP contribution >= 0.6 is 22.7 Å². The van der Waals surface area contributed by atoms with E-state index in [0.717, 1.165) is 0 Å². The second kappa shape index (κ2) is 10.9. The average Bonchev–Trinajstić information content (AvgIpc) is 3.74. The van der Waals surface area contributed by atoms with E-state index in [1.165, 1.54) is 106 Å². The fraction of sp³-hybridized carbons (Fsp3) is 0. The molecule has 0 aliphatic heterocycles. The van der Waals surface area contributed by atoms with Gasteiger partial charge in [-0.1, -0.05) is 146 Å². The Morgan fingerprint density at radius 3 is 1.56 bits per heavy atom. The molecule has 50 heavy (non-hydrogen) atoms. The Bertz CT molecular complexity index is 3080. The van der Waals surface area contributed by atoms with Crippen molar-refractivity contribution in [1.29, 1.82) is 0 Å². The van der Waals surface area contributed by atoms with Gasteiger partial charge in [0, 0.05) is 45.9 Å². The van der Waals surface area contributed by atoms with Gasteiger partial charge in [0.2, 0.25) is 0 Å². The van der Waals surface area contributed by atoms with E-state index in [2.05, 4.69) is 170 Å². The van der Waals surface area contributed by atoms with E-state index in [9.17, 15) is 0 Å². The molecular formula is C48H28S2. The zero-order valence-electron chi connectivity index (χ0n) is 27.0. The summed E-state index contributed by atoms with van der Waals surface area (Å²) in [5.41, 5.74) is 7.68. The lowest BCUT2D eigenvalue weighted by atomic mass is 9.85. The Morgan fingerprint density at radius 1 is 0.280 bits per heavy atom. The average molecular weight is 669 g/mol. The highest BCUT2D eigenvalue weighted by Gasteiger charge is 2.21. The maximum absolute atomic E-state index is 2.47. The predicted molar refractivity (Wildman–Crippen MR) is 221 cm³/mol. The third-order valence-electron chi connectivity index (χ3n) is 10.4. The van der Waals surface area contributed by atoms with Crippen LogP contribution < -0.4 is 0 Å². The van der Waals surface area contributed by atoms with Gasteiger partial charge in [0.05, 0.1) is 0 Å². The maximum Gasteiger partial charge on any atom is 0.0441 e. The molecule has 9 aromatic carbocycles. The zero-order chi connectivity index (χ0) is 32.8. The largest absolute Gasteiger partial charge is 0.135 e. The van der Waals surface area contributed by atoms with E-state index in [-0.39, 0.29) is 0 Å². The highest BCUT2D eigenvalue weighted by atomic mass is 32.1. The van der Waals surface area contributed by atoms with E-state index < -0.39 is 0 Å². The van der Waals surface area contributed by atoms with Crippen molar-refractivity contribution in [3.8, 4) is 33.4 Å². The van der Waals surface area contributed by atoms with E-state index in [4.69, 9.17) is 0 Å². The Hall–Kier alpha value is -5.80. The molecule has 11 aromatic rings. The SMILES string of the molecule is c1ccc(-c2c3ccccc3c(-c3cccc(-c4c5sc6ccc7ccccc7c6c5cc5sc6ccccc6c45)c3)c3ccccc23)cc1. The van der Waals surface area contributed by atoms with Crippen LogP contribution in [0.2, 0.25) is 0 Å². The van der Waals surface area contributed by atoms with Crippen molar-refractivity contribution in [2.24, 2.45) is 0 Å². The van der Waals surface area contributed by atoms with E-state index >= 15 is 0 Å². The third-order valence-corrected chi connectivity index (χ3v) is 12.7. The van der Waals surface area contributed by atoms with Crippen molar-refractivity contribution in [1.82, 2.24) is 0 Å². The number of thiophene rings is 2. The second-order valence-corrected chi connectivity index (χ2v) is 15.3. The van der Waals surface area contributed by atoms with E-state index in [0.29, 0.717) is 0 Å². The fourth-order valence-corrected chi connectivity index (χ4v) is 10.8. The van der Waals surface area contributed by atoms with Crippen LogP contribution in [0.25, 0.3) is 106 Å². The van der Waals surface area contributed by atoms with Gasteiger partial charge in [0.15, 0.2) is 0 Å². The molecule has 0 N–H and O–H groups in total. The molecule has 0 unspecified atom stereocenters. The maximum atomic E-state index is 2.47. The molecule has 232 valence electrons. The van der Waals surface area contributed by atoms with Gasteiger partial charge in [0.1, 0.15) is 0 Å². The van der Waals surface area contributed by atoms with Crippen LogP contribution in [0.4, 0.5) is 0 Å². The molecule has 0 aliphatic carbocycles. The normalized spacial score (nSPS) is 12.0. The lowest BCUT2D eigenvalue weighted by molar-refractivity contribution is 1.65. The van der Waals surface area contributed by atoms with Gasteiger partial charge >= 0.3 is 0 Å². The van der Waals surface area contributed by atoms with Crippen molar-refractivity contribution in [3.05, 3.63) is 170 Å². The first kappa shape index (κ1) is 28.1. The van der Waals surface area contributed by atoms with Crippen LogP contribution in [0.15, 0.2) is 170 Å². The summed E-state index contributed by atoms with van der Waals surface area (Å²) in [4.78, 5) is 0. The highest BCUT2D eigenvalue weighted by molar-refractivity contribution is 7.28. The van der Waals surface area contributed by atoms with Crippen molar-refractivity contribution in [3.63, 3.8) is 0 Å². The summed E-state index contributed by atoms with van der Waals surface area (Å²) in [5.74, 6) is 0. The standard InChI is InChI=1S/C48H28S2/c1-2-14-30(15-3-1)43-34-19-6-8-21-36(34)44(37-22-9-7-20-35(37)43)31-16-12-17-32(27-31)45-47-38-23-10-11-24-40(38)49-42(47)28-39-46-33-18-5-4-13-29(33)25-26-41(46)50-48(39)45/h1-28H. The van der Waals surface area contributed by atoms with Gasteiger partial charge in [0.25, 0.3) is 0 Å². The minimum atomic E-state index is 1.24. The van der Waals surface area contributed by atoms with E-state index in [1.807, 2.05) is 22.7 Å². The summed E-state index contributed by atoms with van der Waals surface area (Å²) in [6.07, 6.45) is 0. The third kappa shape index (κ3) is 4.04. The summed E-state index contributed by atoms with van der Waals surface area (Å²) in [6.45, 7) is 0. The van der Waals surface area contributed by atoms with Gasteiger partial charge in [-0.25, -0.2) is 0 Å². The van der Waals surface area contributed by atoms with Crippen molar-refractivity contribution >= 4 is 95.3 Å². The molecule has 0 fully saturated rings. The van der Waals surface area contributed by atoms with Gasteiger partial charge < -0.3 is 0 Å². The summed E-state index contributed by atoms with van der Waals surface area (Å²) in [6, 6.07) is 63.0. The minimum Gasteiger partial charge on any atom is -0.135 e. The first-order chi connectivity index (χ1) is 24.8. The predicted octanol–water partition coefficient (Wildman–Crippen LogP) is 14.9. The highest BCUT2D eigenvalue weighted by Crippen LogP contribution is 2.51. The molecule has 0 radical (unpaired) electrons. The fourth-order valence-electron chi connectivity index (χ4n) is 8.35. The molecule has 0 bridgehead atoms. The number of hydrogen-bond acceptors (Lipinski definition) is 2. The summed E-state index contributed by atoms with van der Waals surface area (Å²) < 4.78 is 5.38. The molecule has 0 atom stereocenters. The smallest absolute Gasteiger partial charge is 0.0441 e. The van der Waals surface area contributed by atoms with E-state index in [1.54, 1.807) is 0 Å². The molecule has 0 saturated carbocycles. The zero-order valence-corrected chi connectivity index (χ0v) is 28.6. The lowest BCUT2D eigenvalue weighted by Crippen LogP contribution is -1.91. The molecule has 0 nitrogen and oxygen atoms in total. The molecule has 0 saturated heterocycles. The Labute approximate surface area is 297 Å². The minimum absolute atomic E-state index is 1.24. The summed E-state index contributed by atoms with van der Waals surface area (Å²) in [5, 5.41) is 13.1. The first-order valence-corrected chi connectivity index (χ1v) is 18.7. The van der Waals surface area contributed by atoms with Gasteiger partial charge in [-0.15, -0.1) is 22.7 Å². The number of hydrogen-bond donors (Lipinski definition) is 0. The van der Waals surface area contributed by atoms with Crippen LogP contribution in [0.5, 0.6) is 0 Å². The van der Waals surface area contributed by atoms with Crippen molar-refractivity contribution < 1.29 is 0 Å². The van der Waals surface area contributed by atoms with Crippen molar-refractivity contribution in [2.45, 2.75) is 0 Å². The molecule has 2 heterocycles. The van der Waals surface area contributed by atoms with Crippen LogP contribution in [0, 0.1) is 0 Å². The van der Waals surface area contributed by atoms with Crippen LogP contribution in [-0.4, -0.2) is 0 Å². The van der Waals surface area contributed by atoms with Crippen LogP contribution in [0.1, 0.15) is 0 Å². The Balaban J connectivity index is 1.26. The number of benzene rings is 9. The number of fused-ring (bicyclic) bond motifs is 10. The summed E-state index contributed by atoms with van der Waals surface area (Å²) >= 11 is 3.85. The summed E-state index contributed by atoms with van der Waals surface area (Å²) in [7, 11) is 0. The Kier molecular flexibility index (Phi) is 6.09. The number of rotatable bonds is 3. The van der Waals surface area contributed by atoms with Crippen LogP contribution in [0.3, 0.4) is 0 Å². The molecule has 0 spiro atoms. The van der Waals surface area contributed by atoms with Crippen molar-refractivity contribution in [2.75, 3.05) is 0 Å². The molecular weight excluding hydrogens is 641 g/mol. The Morgan fingerprint density at radius 2 is 0.840 bits per heavy atom. The van der Waals surface area contributed by atoms with Gasteiger partial charge in [-0.2, -0.15) is 0 Å². The molecule has 2 aromatic heterocycles. The second-order valence-electron chi connectivity index (χ2n) is 13.1. The van der Waals surface area contributed by atoms with Gasteiger partial charge in [-0.05, 0) is 84.4 Å².